The number of rotatable bonds is 5. The molecule has 27 heavy (non-hydrogen) atoms. The van der Waals surface area contributed by atoms with Gasteiger partial charge in [0.25, 0.3) is 5.56 Å². The fraction of sp³-hybridized carbons (Fsp3) is 0.333. The maximum atomic E-state index is 12.3. The number of aromatic amines is 1. The van der Waals surface area contributed by atoms with E-state index >= 15 is 0 Å². The van der Waals surface area contributed by atoms with Gasteiger partial charge >= 0.3 is 0 Å². The lowest BCUT2D eigenvalue weighted by Crippen LogP contribution is -2.46. The smallest absolute Gasteiger partial charge is 0.259 e. The number of piperazine rings is 1. The number of β-amino-alcohol motifs (C(OH)–C–C–N with tert-alkyl or cyclic N) is 1. The van der Waals surface area contributed by atoms with Crippen LogP contribution in [0.25, 0.3) is 22.3 Å². The van der Waals surface area contributed by atoms with Crippen molar-refractivity contribution in [2.75, 3.05) is 39.3 Å². The molecule has 0 radical (unpaired) electrons. The minimum Gasteiger partial charge on any atom is -0.395 e. The quantitative estimate of drug-likeness (QED) is 0.721. The molecule has 0 amide bonds. The number of aliphatic hydroxyl groups excluding tert-OH is 1. The van der Waals surface area contributed by atoms with Gasteiger partial charge in [-0.3, -0.25) is 14.6 Å². The molecule has 0 spiro atoms. The molecular weight excluding hydrogens is 340 g/mol. The van der Waals surface area contributed by atoms with Gasteiger partial charge in [0.05, 0.1) is 17.5 Å². The Morgan fingerprint density at radius 1 is 0.963 bits per heavy atom. The number of benzene rings is 2. The number of nitrogens with one attached hydrogen (secondary N) is 1. The predicted molar refractivity (Wildman–Crippen MR) is 107 cm³/mol. The van der Waals surface area contributed by atoms with Crippen LogP contribution in [-0.4, -0.2) is 64.2 Å². The molecule has 2 heterocycles. The van der Waals surface area contributed by atoms with Crippen molar-refractivity contribution >= 4 is 10.9 Å². The molecule has 0 unspecified atom stereocenters. The van der Waals surface area contributed by atoms with E-state index in [1.54, 1.807) is 6.07 Å². The first-order chi connectivity index (χ1) is 13.2. The van der Waals surface area contributed by atoms with Gasteiger partial charge in [0, 0.05) is 44.8 Å². The standard InChI is InChI=1S/C21H24N4O2/c26-14-13-24-9-11-25(12-10-24)15-16-5-7-17(8-6-16)20-22-19-4-2-1-3-18(19)21(27)23-20/h1-8,26H,9-15H2,(H,22,23,27). The molecule has 6 heteroatoms. The molecule has 1 fully saturated rings. The Bertz CT molecular complexity index is 960. The Hall–Kier alpha value is -2.54. The van der Waals surface area contributed by atoms with Crippen LogP contribution in [0.4, 0.5) is 0 Å². The summed E-state index contributed by atoms with van der Waals surface area (Å²) in [5.41, 5.74) is 2.76. The van der Waals surface area contributed by atoms with Gasteiger partial charge in [-0.1, -0.05) is 36.4 Å². The molecule has 1 saturated heterocycles. The summed E-state index contributed by atoms with van der Waals surface area (Å²) < 4.78 is 0. The zero-order valence-corrected chi connectivity index (χ0v) is 15.3. The second-order valence-corrected chi connectivity index (χ2v) is 6.97. The molecule has 1 aliphatic heterocycles. The van der Waals surface area contributed by atoms with E-state index in [1.165, 1.54) is 5.56 Å². The summed E-state index contributed by atoms with van der Waals surface area (Å²) in [6.07, 6.45) is 0. The molecule has 3 aromatic rings. The normalized spacial score (nSPS) is 16.0. The summed E-state index contributed by atoms with van der Waals surface area (Å²) in [4.78, 5) is 24.4. The fourth-order valence-electron chi connectivity index (χ4n) is 3.56. The van der Waals surface area contributed by atoms with Crippen LogP contribution in [0.15, 0.2) is 53.3 Å². The van der Waals surface area contributed by atoms with E-state index in [4.69, 9.17) is 5.11 Å². The monoisotopic (exact) mass is 364 g/mol. The maximum absolute atomic E-state index is 12.3. The Balaban J connectivity index is 1.46. The summed E-state index contributed by atoms with van der Waals surface area (Å²) in [7, 11) is 0. The minimum absolute atomic E-state index is 0.111. The number of H-pyrrole nitrogens is 1. The first-order valence-corrected chi connectivity index (χ1v) is 9.37. The molecule has 0 bridgehead atoms. The summed E-state index contributed by atoms with van der Waals surface area (Å²) in [5, 5.41) is 9.64. The largest absolute Gasteiger partial charge is 0.395 e. The van der Waals surface area contributed by atoms with E-state index in [2.05, 4.69) is 31.9 Å². The predicted octanol–water partition coefficient (Wildman–Crippen LogP) is 1.70. The lowest BCUT2D eigenvalue weighted by atomic mass is 10.1. The van der Waals surface area contributed by atoms with Crippen molar-refractivity contribution in [1.82, 2.24) is 19.8 Å². The van der Waals surface area contributed by atoms with Gasteiger partial charge in [-0.05, 0) is 17.7 Å². The zero-order chi connectivity index (χ0) is 18.6. The van der Waals surface area contributed by atoms with E-state index in [0.717, 1.165) is 44.8 Å². The van der Waals surface area contributed by atoms with Gasteiger partial charge in [0.1, 0.15) is 5.82 Å². The maximum Gasteiger partial charge on any atom is 0.259 e. The molecule has 2 N–H and O–H groups in total. The SMILES string of the molecule is O=c1[nH]c(-c2ccc(CN3CCN(CCO)CC3)cc2)nc2ccccc12. The molecule has 0 saturated carbocycles. The van der Waals surface area contributed by atoms with Crippen molar-refractivity contribution in [3.63, 3.8) is 0 Å². The number of aromatic nitrogens is 2. The van der Waals surface area contributed by atoms with E-state index in [0.29, 0.717) is 16.7 Å². The van der Waals surface area contributed by atoms with Crippen LogP contribution in [-0.2, 0) is 6.54 Å². The average Bonchev–Trinajstić information content (AvgIpc) is 2.70. The molecule has 6 nitrogen and oxygen atoms in total. The highest BCUT2D eigenvalue weighted by Crippen LogP contribution is 2.18. The number of hydrogen-bond donors (Lipinski definition) is 2. The van der Waals surface area contributed by atoms with E-state index in [-0.39, 0.29) is 12.2 Å². The van der Waals surface area contributed by atoms with Gasteiger partial charge in [-0.25, -0.2) is 4.98 Å². The van der Waals surface area contributed by atoms with Gasteiger partial charge in [0.15, 0.2) is 0 Å². The molecule has 1 aliphatic rings. The van der Waals surface area contributed by atoms with Crippen molar-refractivity contribution in [1.29, 1.82) is 0 Å². The highest BCUT2D eigenvalue weighted by Gasteiger charge is 2.16. The Morgan fingerprint density at radius 2 is 1.67 bits per heavy atom. The van der Waals surface area contributed by atoms with Gasteiger partial charge in [-0.15, -0.1) is 0 Å². The third kappa shape index (κ3) is 4.08. The van der Waals surface area contributed by atoms with Crippen molar-refractivity contribution in [3.8, 4) is 11.4 Å². The minimum atomic E-state index is -0.111. The molecule has 0 aliphatic carbocycles. The average molecular weight is 364 g/mol. The third-order valence-electron chi connectivity index (χ3n) is 5.13. The highest BCUT2D eigenvalue weighted by molar-refractivity contribution is 5.79. The zero-order valence-electron chi connectivity index (χ0n) is 15.3. The second-order valence-electron chi connectivity index (χ2n) is 6.97. The first-order valence-electron chi connectivity index (χ1n) is 9.37. The van der Waals surface area contributed by atoms with Crippen molar-refractivity contribution in [2.24, 2.45) is 0 Å². The summed E-state index contributed by atoms with van der Waals surface area (Å²) >= 11 is 0. The Morgan fingerprint density at radius 3 is 2.41 bits per heavy atom. The second kappa shape index (κ2) is 8.00. The first kappa shape index (κ1) is 17.9. The summed E-state index contributed by atoms with van der Waals surface area (Å²) in [6.45, 7) is 5.94. The number of nitrogens with zero attached hydrogens (tertiary/aromatic N) is 3. The van der Waals surface area contributed by atoms with Crippen LogP contribution in [0.3, 0.4) is 0 Å². The van der Waals surface area contributed by atoms with Crippen LogP contribution >= 0.6 is 0 Å². The van der Waals surface area contributed by atoms with Gasteiger partial charge < -0.3 is 10.1 Å². The van der Waals surface area contributed by atoms with Gasteiger partial charge in [0.2, 0.25) is 0 Å². The highest BCUT2D eigenvalue weighted by atomic mass is 16.3. The summed E-state index contributed by atoms with van der Waals surface area (Å²) in [6, 6.07) is 15.6. The van der Waals surface area contributed by atoms with E-state index in [9.17, 15) is 4.79 Å². The lowest BCUT2D eigenvalue weighted by Gasteiger charge is -2.34. The fourth-order valence-corrected chi connectivity index (χ4v) is 3.56. The Labute approximate surface area is 158 Å². The number of aliphatic hydroxyl groups is 1. The van der Waals surface area contributed by atoms with Crippen LogP contribution in [0, 0.1) is 0 Å². The molecule has 0 atom stereocenters. The number of hydrogen-bond acceptors (Lipinski definition) is 5. The van der Waals surface area contributed by atoms with Crippen LogP contribution in [0.5, 0.6) is 0 Å². The van der Waals surface area contributed by atoms with Crippen molar-refractivity contribution < 1.29 is 5.11 Å². The topological polar surface area (TPSA) is 72.5 Å². The molecular formula is C21H24N4O2. The van der Waals surface area contributed by atoms with E-state index in [1.807, 2.05) is 30.3 Å². The van der Waals surface area contributed by atoms with E-state index < -0.39 is 0 Å². The third-order valence-corrected chi connectivity index (χ3v) is 5.13. The molecule has 4 rings (SSSR count). The molecule has 2 aromatic carbocycles. The molecule has 140 valence electrons. The number of fused-ring (bicyclic) bond motifs is 1. The van der Waals surface area contributed by atoms with Crippen LogP contribution in [0.1, 0.15) is 5.56 Å². The van der Waals surface area contributed by atoms with Crippen LogP contribution < -0.4 is 5.56 Å². The van der Waals surface area contributed by atoms with Crippen LogP contribution in [0.2, 0.25) is 0 Å². The number of para-hydroxylation sites is 1. The van der Waals surface area contributed by atoms with Crippen molar-refractivity contribution in [3.05, 3.63) is 64.4 Å². The lowest BCUT2D eigenvalue weighted by molar-refractivity contribution is 0.108. The van der Waals surface area contributed by atoms with Gasteiger partial charge in [-0.2, -0.15) is 0 Å². The van der Waals surface area contributed by atoms with Crippen molar-refractivity contribution in [2.45, 2.75) is 6.54 Å². The Kier molecular flexibility index (Phi) is 5.29. The molecule has 1 aromatic heterocycles. The summed E-state index contributed by atoms with van der Waals surface area (Å²) in [5.74, 6) is 0.600.